The van der Waals surface area contributed by atoms with Crippen molar-refractivity contribution in [3.8, 4) is 0 Å². The number of esters is 1. The highest BCUT2D eigenvalue weighted by molar-refractivity contribution is 7.73. The second kappa shape index (κ2) is 8.47. The van der Waals surface area contributed by atoms with E-state index in [1.165, 1.54) is 24.0 Å². The number of hydrogen-bond donors (Lipinski definition) is 2. The summed E-state index contributed by atoms with van der Waals surface area (Å²) in [5.41, 5.74) is 2.22. The van der Waals surface area contributed by atoms with Gasteiger partial charge in [-0.2, -0.15) is 0 Å². The molecule has 1 aliphatic rings. The van der Waals surface area contributed by atoms with Gasteiger partial charge in [0.2, 0.25) is 5.13 Å². The predicted octanol–water partition coefficient (Wildman–Crippen LogP) is 3.11. The number of aliphatic hydroxyl groups excluding tert-OH is 1. The standard InChI is InChI=1S/C18H24N4O3S2/c1-11(2)12-4-6-13(7-5-12)19-17-20-22(18(26)27-17)10-21-9-14(23)8-15(21)16(24)25-3/h4-7,11,14-15,23H,8-10H2,1-3H3,(H,19,20)/t14-,15-/m0/s1. The first kappa shape index (κ1) is 19.9. The molecule has 2 N–H and O–H groups in total. The number of hydrogen-bond acceptors (Lipinski definition) is 8. The Kier molecular flexibility index (Phi) is 6.25. The van der Waals surface area contributed by atoms with Gasteiger partial charge in [-0.3, -0.25) is 9.69 Å². The van der Waals surface area contributed by atoms with Crippen LogP contribution in [0.15, 0.2) is 24.3 Å². The van der Waals surface area contributed by atoms with Crippen LogP contribution in [0.25, 0.3) is 0 Å². The van der Waals surface area contributed by atoms with Crippen LogP contribution in [-0.4, -0.2) is 51.6 Å². The van der Waals surface area contributed by atoms with Crippen LogP contribution in [0.2, 0.25) is 0 Å². The molecule has 1 aromatic heterocycles. The Balaban J connectivity index is 1.71. The number of likely N-dealkylation sites (tertiary alicyclic amines) is 1. The van der Waals surface area contributed by atoms with Gasteiger partial charge in [-0.1, -0.05) is 37.3 Å². The third-order valence-electron chi connectivity index (χ3n) is 4.61. The van der Waals surface area contributed by atoms with E-state index in [9.17, 15) is 9.90 Å². The molecule has 0 saturated carbocycles. The lowest BCUT2D eigenvalue weighted by atomic mass is 10.0. The first-order valence-corrected chi connectivity index (χ1v) is 10.0. The predicted molar refractivity (Wildman–Crippen MR) is 108 cm³/mol. The van der Waals surface area contributed by atoms with Crippen LogP contribution in [0.3, 0.4) is 0 Å². The zero-order chi connectivity index (χ0) is 19.6. The molecule has 1 fully saturated rings. The second-order valence-corrected chi connectivity index (χ2v) is 8.54. The van der Waals surface area contributed by atoms with Crippen LogP contribution >= 0.6 is 23.6 Å². The van der Waals surface area contributed by atoms with E-state index in [-0.39, 0.29) is 5.97 Å². The first-order chi connectivity index (χ1) is 12.9. The van der Waals surface area contributed by atoms with Crippen molar-refractivity contribution < 1.29 is 14.6 Å². The van der Waals surface area contributed by atoms with Gasteiger partial charge in [0.1, 0.15) is 6.04 Å². The number of rotatable bonds is 6. The number of aliphatic hydroxyl groups is 1. The number of ether oxygens (including phenoxy) is 1. The summed E-state index contributed by atoms with van der Waals surface area (Å²) in [6, 6.07) is 7.75. The van der Waals surface area contributed by atoms with Crippen LogP contribution in [0.4, 0.5) is 10.8 Å². The third-order valence-corrected chi connectivity index (χ3v) is 5.83. The number of nitrogens with zero attached hydrogens (tertiary/aromatic N) is 3. The fraction of sp³-hybridized carbons (Fsp3) is 0.500. The van der Waals surface area contributed by atoms with Crippen molar-refractivity contribution in [1.29, 1.82) is 0 Å². The Morgan fingerprint density at radius 2 is 2.15 bits per heavy atom. The van der Waals surface area contributed by atoms with E-state index in [1.807, 2.05) is 17.0 Å². The van der Waals surface area contributed by atoms with Crippen LogP contribution in [0.5, 0.6) is 0 Å². The number of aromatic nitrogens is 2. The van der Waals surface area contributed by atoms with Gasteiger partial charge in [-0.15, -0.1) is 5.10 Å². The molecule has 2 atom stereocenters. The van der Waals surface area contributed by atoms with Crippen molar-refractivity contribution in [3.63, 3.8) is 0 Å². The number of anilines is 2. The van der Waals surface area contributed by atoms with Crippen molar-refractivity contribution >= 4 is 40.3 Å². The third kappa shape index (κ3) is 4.73. The minimum atomic E-state index is -0.557. The number of β-amino-alcohol motifs (C(OH)–C–C–N with tert-alkyl or cyclic N) is 1. The van der Waals surface area contributed by atoms with Gasteiger partial charge >= 0.3 is 5.97 Å². The van der Waals surface area contributed by atoms with Crippen molar-refractivity contribution in [3.05, 3.63) is 33.8 Å². The van der Waals surface area contributed by atoms with E-state index in [2.05, 4.69) is 36.4 Å². The van der Waals surface area contributed by atoms with E-state index < -0.39 is 12.1 Å². The summed E-state index contributed by atoms with van der Waals surface area (Å²) in [6.45, 7) is 5.04. The Morgan fingerprint density at radius 1 is 1.44 bits per heavy atom. The van der Waals surface area contributed by atoms with E-state index in [0.29, 0.717) is 34.6 Å². The van der Waals surface area contributed by atoms with Gasteiger partial charge in [0.25, 0.3) is 0 Å². The molecule has 0 aliphatic carbocycles. The molecule has 1 aliphatic heterocycles. The van der Waals surface area contributed by atoms with Crippen LogP contribution in [-0.2, 0) is 16.2 Å². The van der Waals surface area contributed by atoms with Gasteiger partial charge in [-0.05, 0) is 35.8 Å². The molecule has 2 aromatic rings. The summed E-state index contributed by atoms with van der Waals surface area (Å²) in [6.07, 6.45) is -0.198. The molecule has 7 nitrogen and oxygen atoms in total. The molecule has 1 aromatic carbocycles. The highest BCUT2D eigenvalue weighted by Gasteiger charge is 2.37. The molecule has 0 radical (unpaired) electrons. The highest BCUT2D eigenvalue weighted by Crippen LogP contribution is 2.24. The minimum Gasteiger partial charge on any atom is -0.468 e. The van der Waals surface area contributed by atoms with Gasteiger partial charge in [-0.25, -0.2) is 4.68 Å². The Hall–Kier alpha value is -1.81. The average molecular weight is 409 g/mol. The molecule has 146 valence electrons. The minimum absolute atomic E-state index is 0.333. The Labute approximate surface area is 167 Å². The Morgan fingerprint density at radius 3 is 2.78 bits per heavy atom. The number of benzene rings is 1. The maximum atomic E-state index is 11.9. The van der Waals surface area contributed by atoms with Gasteiger partial charge in [0.05, 0.1) is 19.9 Å². The second-order valence-electron chi connectivity index (χ2n) is 6.92. The van der Waals surface area contributed by atoms with Crippen molar-refractivity contribution in [2.75, 3.05) is 19.0 Å². The van der Waals surface area contributed by atoms with Crippen LogP contribution in [0.1, 0.15) is 31.7 Å². The molecule has 9 heteroatoms. The number of carbonyl (C=O) groups excluding carboxylic acids is 1. The van der Waals surface area contributed by atoms with Gasteiger partial charge < -0.3 is 15.2 Å². The maximum Gasteiger partial charge on any atom is 0.323 e. The number of nitrogens with one attached hydrogen (secondary N) is 1. The number of carbonyl (C=O) groups is 1. The first-order valence-electron chi connectivity index (χ1n) is 8.82. The van der Waals surface area contributed by atoms with Crippen LogP contribution < -0.4 is 5.32 Å². The van der Waals surface area contributed by atoms with Crippen molar-refractivity contribution in [2.45, 2.75) is 45.0 Å². The summed E-state index contributed by atoms with van der Waals surface area (Å²) >= 11 is 6.78. The zero-order valence-corrected chi connectivity index (χ0v) is 17.2. The molecule has 1 saturated heterocycles. The molecular formula is C18H24N4O3S2. The molecule has 0 spiro atoms. The summed E-state index contributed by atoms with van der Waals surface area (Å²) in [5.74, 6) is 0.135. The van der Waals surface area contributed by atoms with Gasteiger partial charge in [0.15, 0.2) is 3.95 Å². The quantitative estimate of drug-likeness (QED) is 0.562. The van der Waals surface area contributed by atoms with E-state index in [1.54, 1.807) is 4.68 Å². The molecule has 0 amide bonds. The monoisotopic (exact) mass is 408 g/mol. The topological polar surface area (TPSA) is 79.6 Å². The van der Waals surface area contributed by atoms with Crippen molar-refractivity contribution in [2.24, 2.45) is 0 Å². The molecular weight excluding hydrogens is 384 g/mol. The average Bonchev–Trinajstić information content (AvgIpc) is 3.17. The Bertz CT molecular complexity index is 847. The molecule has 2 heterocycles. The smallest absolute Gasteiger partial charge is 0.323 e. The fourth-order valence-corrected chi connectivity index (χ4v) is 4.12. The lowest BCUT2D eigenvalue weighted by Crippen LogP contribution is -2.38. The van der Waals surface area contributed by atoms with Crippen molar-refractivity contribution in [1.82, 2.24) is 14.7 Å². The molecule has 0 unspecified atom stereocenters. The highest BCUT2D eigenvalue weighted by atomic mass is 32.1. The summed E-state index contributed by atoms with van der Waals surface area (Å²) in [7, 11) is 1.35. The van der Waals surface area contributed by atoms with Gasteiger partial charge in [0, 0.05) is 18.7 Å². The maximum absolute atomic E-state index is 11.9. The lowest BCUT2D eigenvalue weighted by molar-refractivity contribution is -0.146. The number of methoxy groups -OCH3 is 1. The summed E-state index contributed by atoms with van der Waals surface area (Å²) in [4.78, 5) is 13.8. The fourth-order valence-electron chi connectivity index (χ4n) is 3.11. The summed E-state index contributed by atoms with van der Waals surface area (Å²) < 4.78 is 7.10. The zero-order valence-electron chi connectivity index (χ0n) is 15.6. The normalized spacial score (nSPS) is 20.2. The summed E-state index contributed by atoms with van der Waals surface area (Å²) in [5, 5.41) is 18.4. The largest absolute Gasteiger partial charge is 0.468 e. The molecule has 0 bridgehead atoms. The van der Waals surface area contributed by atoms with E-state index in [4.69, 9.17) is 17.0 Å². The van der Waals surface area contributed by atoms with Crippen LogP contribution in [0, 0.1) is 3.95 Å². The van der Waals surface area contributed by atoms with E-state index in [0.717, 1.165) is 5.69 Å². The lowest BCUT2D eigenvalue weighted by Gasteiger charge is -2.21. The molecule has 27 heavy (non-hydrogen) atoms. The molecule has 3 rings (SSSR count). The van der Waals surface area contributed by atoms with E-state index >= 15 is 0 Å². The SMILES string of the molecule is COC(=O)[C@@H]1C[C@H](O)CN1Cn1nc(Nc2ccc(C(C)C)cc2)sc1=S.